The molecule has 2 unspecified atom stereocenters. The molecule has 206 valence electrons. The lowest BCUT2D eigenvalue weighted by molar-refractivity contribution is -0.352. The highest BCUT2D eigenvalue weighted by molar-refractivity contribution is 7.57. The molecule has 5 aliphatic rings. The molecule has 0 amide bonds. The summed E-state index contributed by atoms with van der Waals surface area (Å²) in [7, 11) is -2.38. The van der Waals surface area contributed by atoms with Crippen molar-refractivity contribution in [2.45, 2.75) is 75.3 Å². The van der Waals surface area contributed by atoms with Gasteiger partial charge >= 0.3 is 13.5 Å². The first-order valence-corrected chi connectivity index (χ1v) is 15.0. The Kier molecular flexibility index (Phi) is 5.74. The Morgan fingerprint density at radius 2 is 2.16 bits per heavy atom. The van der Waals surface area contributed by atoms with Crippen molar-refractivity contribution in [1.29, 1.82) is 0 Å². The van der Waals surface area contributed by atoms with E-state index in [0.717, 1.165) is 24.1 Å². The van der Waals surface area contributed by atoms with Crippen LogP contribution < -0.4 is 14.3 Å². The number of benzene rings is 1. The Balaban J connectivity index is 1.38. The molecule has 7 atom stereocenters. The van der Waals surface area contributed by atoms with Crippen LogP contribution in [-0.2, 0) is 35.5 Å². The summed E-state index contributed by atoms with van der Waals surface area (Å²) in [6.45, 7) is 10.3. The van der Waals surface area contributed by atoms with E-state index in [9.17, 15) is 19.3 Å². The first-order valence-electron chi connectivity index (χ1n) is 13.2. The molecule has 2 heterocycles. The maximum absolute atomic E-state index is 13.9. The Labute approximate surface area is 222 Å². The topological polar surface area (TPSA) is 124 Å². The lowest BCUT2D eigenvalue weighted by Gasteiger charge is -2.81. The predicted molar refractivity (Wildman–Crippen MR) is 137 cm³/mol. The van der Waals surface area contributed by atoms with Crippen LogP contribution in [0.2, 0.25) is 0 Å². The summed E-state index contributed by atoms with van der Waals surface area (Å²) in [6.07, 6.45) is 1.73. The van der Waals surface area contributed by atoms with Gasteiger partial charge < -0.3 is 23.8 Å². The minimum Gasteiger partial charge on any atom is -0.477 e. The summed E-state index contributed by atoms with van der Waals surface area (Å²) >= 11 is 0. The van der Waals surface area contributed by atoms with E-state index in [1.165, 1.54) is 7.11 Å². The number of ether oxygens (including phenoxy) is 3. The highest BCUT2D eigenvalue weighted by atomic mass is 31.2. The molecule has 3 aliphatic carbocycles. The van der Waals surface area contributed by atoms with E-state index in [4.69, 9.17) is 18.7 Å². The van der Waals surface area contributed by atoms with Crippen LogP contribution in [0.5, 0.6) is 11.5 Å². The number of ketones is 1. The molecule has 1 saturated heterocycles. The number of methoxy groups -OCH3 is 1. The predicted octanol–water partition coefficient (Wildman–Crippen LogP) is 2.31. The van der Waals surface area contributed by atoms with E-state index in [0.29, 0.717) is 18.7 Å². The summed E-state index contributed by atoms with van der Waals surface area (Å²) in [4.78, 5) is 27.9. The zero-order valence-electron chi connectivity index (χ0n) is 22.2. The van der Waals surface area contributed by atoms with Crippen molar-refractivity contribution in [3.8, 4) is 11.5 Å². The number of aliphatic hydroxyl groups is 1. The third kappa shape index (κ3) is 3.01. The number of Topliss-reactive ketones (excluding diaryl/α,β-unsaturated/α-hetero) is 1. The van der Waals surface area contributed by atoms with E-state index >= 15 is 0 Å². The number of carbonyl (C=O) groups is 2. The minimum absolute atomic E-state index is 0.0343. The lowest BCUT2D eigenvalue weighted by Crippen LogP contribution is -2.96. The van der Waals surface area contributed by atoms with Crippen molar-refractivity contribution >= 4 is 19.3 Å². The number of likely N-dealkylation sites (tertiary alicyclic amines) is 1. The molecule has 1 aromatic carbocycles. The summed E-state index contributed by atoms with van der Waals surface area (Å²) < 4.78 is 36.7. The largest absolute Gasteiger partial charge is 0.477 e. The first-order chi connectivity index (χ1) is 18.0. The maximum Gasteiger partial charge on any atom is 0.342 e. The lowest BCUT2D eigenvalue weighted by atomic mass is 9.30. The molecule has 6 rings (SSSR count). The fourth-order valence-electron chi connectivity index (χ4n) is 8.26. The van der Waals surface area contributed by atoms with Crippen LogP contribution in [0.4, 0.5) is 0 Å². The Hall–Kier alpha value is -2.23. The molecular weight excluding hydrogens is 511 g/mol. The van der Waals surface area contributed by atoms with Gasteiger partial charge in [0.15, 0.2) is 23.4 Å². The van der Waals surface area contributed by atoms with Crippen molar-refractivity contribution < 1.29 is 38.0 Å². The van der Waals surface area contributed by atoms with Crippen LogP contribution in [-0.4, -0.2) is 78.2 Å². The highest BCUT2D eigenvalue weighted by Crippen LogP contribution is 2.82. The quantitative estimate of drug-likeness (QED) is 0.257. The number of piperidine rings is 1. The fourth-order valence-corrected chi connectivity index (χ4v) is 9.94. The summed E-state index contributed by atoms with van der Waals surface area (Å²) in [5, 5.41) is 15.0. The number of hydrogen-bond donors (Lipinski definition) is 2. The van der Waals surface area contributed by atoms with Crippen molar-refractivity contribution in [1.82, 2.24) is 9.99 Å². The number of hydrogen-bond acceptors (Lipinski definition) is 9. The van der Waals surface area contributed by atoms with Gasteiger partial charge in [0.2, 0.25) is 0 Å². The Morgan fingerprint density at radius 3 is 2.84 bits per heavy atom. The van der Waals surface area contributed by atoms with E-state index in [1.54, 1.807) is 26.8 Å². The molecule has 2 spiro atoms. The number of esters is 1. The van der Waals surface area contributed by atoms with Crippen molar-refractivity contribution in [2.24, 2.45) is 5.41 Å². The number of nitrogens with zero attached hydrogens (tertiary/aromatic N) is 1. The molecule has 11 heteroatoms. The highest BCUT2D eigenvalue weighted by Gasteiger charge is 2.93. The number of fused-ring (bicyclic) bond motifs is 1. The summed E-state index contributed by atoms with van der Waals surface area (Å²) in [5.74, 6) is -0.0448. The van der Waals surface area contributed by atoms with Crippen molar-refractivity contribution in [2.75, 3.05) is 26.5 Å². The van der Waals surface area contributed by atoms with Crippen LogP contribution in [0, 0.1) is 5.41 Å². The van der Waals surface area contributed by atoms with Gasteiger partial charge in [-0.2, -0.15) is 0 Å². The van der Waals surface area contributed by atoms with Crippen LogP contribution in [0.3, 0.4) is 0 Å². The number of rotatable bonds is 10. The van der Waals surface area contributed by atoms with Crippen LogP contribution in [0.1, 0.15) is 44.7 Å². The van der Waals surface area contributed by atoms with E-state index < -0.39 is 36.7 Å². The van der Waals surface area contributed by atoms with Gasteiger partial charge in [0.1, 0.15) is 12.4 Å². The van der Waals surface area contributed by atoms with Gasteiger partial charge in [-0.05, 0) is 45.2 Å². The Bertz CT molecular complexity index is 1280. The van der Waals surface area contributed by atoms with Crippen molar-refractivity contribution in [3.63, 3.8) is 0 Å². The number of carbonyl (C=O) groups excluding carboxylic acids is 2. The van der Waals surface area contributed by atoms with E-state index in [2.05, 4.69) is 16.6 Å². The van der Waals surface area contributed by atoms with Crippen LogP contribution >= 0.6 is 7.52 Å². The van der Waals surface area contributed by atoms with Crippen molar-refractivity contribution in [3.05, 3.63) is 35.9 Å². The van der Waals surface area contributed by atoms with E-state index in [-0.39, 0.29) is 41.9 Å². The van der Waals surface area contributed by atoms with Gasteiger partial charge in [-0.1, -0.05) is 12.1 Å². The molecule has 0 radical (unpaired) electrons. The standard InChI is InChI=1S/C27H35N2O8P/c1-6-11-29-13-25-12-17-7-8-19(37-38(33,14-34-5)28-16(4)23(31)35-15(2)3)21-20(17)27(25)22(36-21)18(30)9-10-26(27,32)24(25)29/h6-8,15-16,22,24,32H,1,9-14H2,2-5H3,(H,28,33)/t16-,22-,24+,25-,26+,27?,38?/m0/s1. The molecule has 3 fully saturated rings. The maximum atomic E-state index is 13.9. The average molecular weight is 547 g/mol. The van der Waals surface area contributed by atoms with Gasteiger partial charge in [0.25, 0.3) is 0 Å². The monoisotopic (exact) mass is 546 g/mol. The smallest absolute Gasteiger partial charge is 0.342 e. The fraction of sp³-hybridized carbons (Fsp3) is 0.630. The second-order valence-electron chi connectivity index (χ2n) is 11.6. The molecule has 0 bridgehead atoms. The third-order valence-corrected chi connectivity index (χ3v) is 11.0. The first kappa shape index (κ1) is 26.0. The van der Waals surface area contributed by atoms with Gasteiger partial charge in [-0.25, -0.2) is 5.09 Å². The second kappa shape index (κ2) is 8.38. The zero-order valence-corrected chi connectivity index (χ0v) is 23.1. The zero-order chi connectivity index (χ0) is 27.3. The summed E-state index contributed by atoms with van der Waals surface area (Å²) in [6, 6.07) is 2.62. The SMILES string of the molecule is C=CCN1C[C@]23Cc4ccc(OP(=O)(COC)N[C@@H](C)C(=O)OC(C)C)c5c4C24[C@@H](O5)C(=O)CC[C@@]4(O)[C@H]13. The molecule has 0 aromatic heterocycles. The minimum atomic E-state index is -3.77. The molecule has 1 aromatic rings. The molecule has 10 nitrogen and oxygen atoms in total. The molecule has 2 N–H and O–H groups in total. The van der Waals surface area contributed by atoms with Crippen LogP contribution in [0.15, 0.2) is 24.8 Å². The Morgan fingerprint density at radius 1 is 1.39 bits per heavy atom. The van der Waals surface area contributed by atoms with Gasteiger partial charge in [0, 0.05) is 43.6 Å². The number of nitrogens with one attached hydrogen (secondary N) is 1. The normalized spacial score (nSPS) is 36.1. The average Bonchev–Trinajstić information content (AvgIpc) is 3.34. The summed E-state index contributed by atoms with van der Waals surface area (Å²) in [5.41, 5.74) is -0.449. The van der Waals surface area contributed by atoms with E-state index in [1.807, 2.05) is 12.1 Å². The van der Waals surface area contributed by atoms with Gasteiger partial charge in [-0.15, -0.1) is 6.58 Å². The van der Waals surface area contributed by atoms with Gasteiger partial charge in [0.05, 0.1) is 17.1 Å². The molecule has 2 aliphatic heterocycles. The van der Waals surface area contributed by atoms with Gasteiger partial charge in [-0.3, -0.25) is 19.1 Å². The van der Waals surface area contributed by atoms with Crippen LogP contribution in [0.25, 0.3) is 0 Å². The molecule has 38 heavy (non-hydrogen) atoms. The second-order valence-corrected chi connectivity index (χ2v) is 13.6. The third-order valence-electron chi connectivity index (χ3n) is 9.08. The molecular formula is C27H35N2O8P. The molecule has 2 saturated carbocycles.